The molecule has 21 heavy (non-hydrogen) atoms. The second kappa shape index (κ2) is 4.86. The van der Waals surface area contributed by atoms with Gasteiger partial charge in [0, 0.05) is 17.8 Å². The molecule has 112 valence electrons. The zero-order chi connectivity index (χ0) is 15.2. The van der Waals surface area contributed by atoms with Gasteiger partial charge in [-0.1, -0.05) is 6.92 Å². The molecule has 6 heteroatoms. The number of carbonyl (C=O) groups is 1. The first-order valence-corrected chi connectivity index (χ1v) is 6.89. The third-order valence-corrected chi connectivity index (χ3v) is 4.03. The molecule has 1 atom stereocenters. The maximum absolute atomic E-state index is 13.1. The molecule has 0 radical (unpaired) electrons. The number of benzene rings is 1. The zero-order valence-corrected chi connectivity index (χ0v) is 11.5. The zero-order valence-electron chi connectivity index (χ0n) is 11.5. The third kappa shape index (κ3) is 2.43. The summed E-state index contributed by atoms with van der Waals surface area (Å²) in [5.41, 5.74) is -0.000763. The lowest BCUT2D eigenvalue weighted by molar-refractivity contribution is -0.135. The van der Waals surface area contributed by atoms with Gasteiger partial charge >= 0.3 is 12.1 Å². The van der Waals surface area contributed by atoms with Crippen LogP contribution >= 0.6 is 0 Å². The molecule has 1 unspecified atom stereocenters. The average molecular weight is 297 g/mol. The van der Waals surface area contributed by atoms with Crippen molar-refractivity contribution in [1.82, 2.24) is 0 Å². The van der Waals surface area contributed by atoms with E-state index in [4.69, 9.17) is 4.74 Å². The summed E-state index contributed by atoms with van der Waals surface area (Å²) in [5.74, 6) is -0.703. The van der Waals surface area contributed by atoms with Crippen LogP contribution in [0, 0.1) is 0 Å². The van der Waals surface area contributed by atoms with Gasteiger partial charge in [-0.25, -0.2) is 0 Å². The number of ether oxygens (including phenoxy) is 1. The van der Waals surface area contributed by atoms with Crippen molar-refractivity contribution < 1.29 is 22.7 Å². The lowest BCUT2D eigenvalue weighted by Crippen LogP contribution is -2.34. The normalized spacial score (nSPS) is 21.2. The highest BCUT2D eigenvalue weighted by Crippen LogP contribution is 2.32. The number of hydrogen-bond donors (Lipinski definition) is 0. The molecule has 3 nitrogen and oxygen atoms in total. The van der Waals surface area contributed by atoms with E-state index < -0.39 is 24.1 Å². The van der Waals surface area contributed by atoms with Gasteiger partial charge in [0.1, 0.15) is 5.75 Å². The van der Waals surface area contributed by atoms with Gasteiger partial charge in [0.25, 0.3) is 0 Å². The first kappa shape index (κ1) is 14.1. The van der Waals surface area contributed by atoms with Gasteiger partial charge in [-0.05, 0) is 30.4 Å². The van der Waals surface area contributed by atoms with Crippen molar-refractivity contribution in [2.24, 2.45) is 4.99 Å². The number of alkyl halides is 3. The Kier molecular flexibility index (Phi) is 3.26. The van der Waals surface area contributed by atoms with Crippen molar-refractivity contribution in [2.45, 2.75) is 38.3 Å². The van der Waals surface area contributed by atoms with Crippen LogP contribution in [0.2, 0.25) is 0 Å². The second-order valence-corrected chi connectivity index (χ2v) is 5.31. The number of fused-ring (bicyclic) bond motifs is 2. The van der Waals surface area contributed by atoms with E-state index in [9.17, 15) is 18.0 Å². The van der Waals surface area contributed by atoms with Crippen molar-refractivity contribution in [3.63, 3.8) is 0 Å². The summed E-state index contributed by atoms with van der Waals surface area (Å²) < 4.78 is 44.4. The fourth-order valence-electron chi connectivity index (χ4n) is 2.94. The predicted molar refractivity (Wildman–Crippen MR) is 69.5 cm³/mol. The molecule has 1 aromatic carbocycles. The Labute approximate surface area is 119 Å². The van der Waals surface area contributed by atoms with Gasteiger partial charge < -0.3 is 4.74 Å². The summed E-state index contributed by atoms with van der Waals surface area (Å²) in [6, 6.07) is 2.98. The highest BCUT2D eigenvalue weighted by molar-refractivity contribution is 5.85. The van der Waals surface area contributed by atoms with Crippen LogP contribution in [0.25, 0.3) is 5.57 Å². The summed E-state index contributed by atoms with van der Waals surface area (Å²) >= 11 is 0. The van der Waals surface area contributed by atoms with Crippen LogP contribution < -0.4 is 15.3 Å². The lowest BCUT2D eigenvalue weighted by Gasteiger charge is -2.23. The molecular weight excluding hydrogens is 283 g/mol. The number of carbonyl (C=O) groups excluding carboxylic acids is 1. The van der Waals surface area contributed by atoms with Crippen LogP contribution in [-0.2, 0) is 4.79 Å². The Morgan fingerprint density at radius 1 is 1.38 bits per heavy atom. The van der Waals surface area contributed by atoms with Crippen LogP contribution in [0.15, 0.2) is 17.1 Å². The monoisotopic (exact) mass is 297 g/mol. The van der Waals surface area contributed by atoms with E-state index in [1.807, 2.05) is 6.92 Å². The Hall–Kier alpha value is -1.85. The molecule has 0 amide bonds. The van der Waals surface area contributed by atoms with Crippen LogP contribution in [0.1, 0.15) is 37.7 Å². The van der Waals surface area contributed by atoms with Crippen molar-refractivity contribution in [1.29, 1.82) is 0 Å². The topological polar surface area (TPSA) is 38.7 Å². The number of esters is 1. The van der Waals surface area contributed by atoms with Crippen LogP contribution in [-0.4, -0.2) is 18.7 Å². The minimum atomic E-state index is -4.53. The summed E-state index contributed by atoms with van der Waals surface area (Å²) in [7, 11) is 0. The van der Waals surface area contributed by atoms with Gasteiger partial charge in [-0.3, -0.25) is 9.79 Å². The van der Waals surface area contributed by atoms with E-state index in [2.05, 4.69) is 4.99 Å². The van der Waals surface area contributed by atoms with Crippen LogP contribution in [0.4, 0.5) is 13.2 Å². The maximum atomic E-state index is 13.1. The average Bonchev–Trinajstić information content (AvgIpc) is 2.42. The minimum absolute atomic E-state index is 0.0172. The Balaban J connectivity index is 2.32. The largest absolute Gasteiger partial charge is 0.426 e. The van der Waals surface area contributed by atoms with Crippen LogP contribution in [0.3, 0.4) is 0 Å². The third-order valence-electron chi connectivity index (χ3n) is 4.03. The molecule has 0 spiro atoms. The molecule has 1 aromatic rings. The van der Waals surface area contributed by atoms with Gasteiger partial charge in [0.15, 0.2) is 0 Å². The molecule has 0 N–H and O–H groups in total. The van der Waals surface area contributed by atoms with Crippen molar-refractivity contribution in [3.05, 3.63) is 28.3 Å². The molecule has 0 fully saturated rings. The van der Waals surface area contributed by atoms with E-state index in [-0.39, 0.29) is 16.9 Å². The standard InChI is InChI=1S/C15H14F3NO2/c1-2-8-3-4-19-12-7-13-10(5-9(8)12)11(15(16,17)18)6-14(20)21-13/h5,7-8H,2-4,6H2,1H3. The van der Waals surface area contributed by atoms with E-state index in [0.717, 1.165) is 18.4 Å². The van der Waals surface area contributed by atoms with Gasteiger partial charge in [0.05, 0.1) is 17.4 Å². The van der Waals surface area contributed by atoms with E-state index in [1.165, 1.54) is 12.1 Å². The molecule has 0 aromatic heterocycles. The minimum Gasteiger partial charge on any atom is -0.426 e. The van der Waals surface area contributed by atoms with Crippen LogP contribution in [0.5, 0.6) is 5.75 Å². The number of rotatable bonds is 1. The van der Waals surface area contributed by atoms with E-state index in [1.54, 1.807) is 0 Å². The van der Waals surface area contributed by atoms with Crippen molar-refractivity contribution >= 4 is 11.5 Å². The van der Waals surface area contributed by atoms with Crippen molar-refractivity contribution in [3.8, 4) is 5.75 Å². The first-order chi connectivity index (χ1) is 9.90. The number of halogens is 3. The maximum Gasteiger partial charge on any atom is 0.413 e. The Morgan fingerprint density at radius 3 is 2.81 bits per heavy atom. The fourth-order valence-corrected chi connectivity index (χ4v) is 2.94. The molecule has 3 rings (SSSR count). The van der Waals surface area contributed by atoms with E-state index in [0.29, 0.717) is 11.9 Å². The SMILES string of the molecule is CCC1CCN=c2cc3c(cc21)=C(C(F)(F)F)CC(=O)O3. The molecular formula is C15H14F3NO2. The number of nitrogens with zero attached hydrogens (tertiary/aromatic N) is 1. The quantitative estimate of drug-likeness (QED) is 0.589. The van der Waals surface area contributed by atoms with Crippen molar-refractivity contribution in [2.75, 3.05) is 6.54 Å². The summed E-state index contributed by atoms with van der Waals surface area (Å²) in [6.07, 6.45) is -3.58. The van der Waals surface area contributed by atoms with E-state index >= 15 is 0 Å². The summed E-state index contributed by atoms with van der Waals surface area (Å²) in [5, 5.41) is 0.625. The number of hydrogen-bond acceptors (Lipinski definition) is 3. The fraction of sp³-hybridized carbons (Fsp3) is 0.467. The molecule has 0 saturated heterocycles. The lowest BCUT2D eigenvalue weighted by atomic mass is 9.89. The highest BCUT2D eigenvalue weighted by atomic mass is 19.4. The summed E-state index contributed by atoms with van der Waals surface area (Å²) in [4.78, 5) is 15.7. The van der Waals surface area contributed by atoms with Gasteiger partial charge in [0.2, 0.25) is 0 Å². The molecule has 0 saturated carbocycles. The first-order valence-electron chi connectivity index (χ1n) is 6.89. The smallest absolute Gasteiger partial charge is 0.413 e. The predicted octanol–water partition coefficient (Wildman–Crippen LogP) is 2.23. The summed E-state index contributed by atoms with van der Waals surface area (Å²) in [6.45, 7) is 2.65. The highest BCUT2D eigenvalue weighted by Gasteiger charge is 2.39. The Morgan fingerprint density at radius 2 is 2.14 bits per heavy atom. The molecule has 0 bridgehead atoms. The second-order valence-electron chi connectivity index (χ2n) is 5.31. The molecule has 0 aliphatic carbocycles. The van der Waals surface area contributed by atoms with Gasteiger partial charge in [-0.15, -0.1) is 0 Å². The molecule has 2 aliphatic rings. The van der Waals surface area contributed by atoms with Gasteiger partial charge in [-0.2, -0.15) is 13.2 Å². The Bertz CT molecular complexity index is 722. The molecule has 2 heterocycles. The molecule has 2 aliphatic heterocycles.